The Morgan fingerprint density at radius 3 is 3.09 bits per heavy atom. The van der Waals surface area contributed by atoms with E-state index in [2.05, 4.69) is 15.2 Å². The SMILES string of the molecule is Cc1cnc2nnc(N)n2c1. The predicted octanol–water partition coefficient (Wildman–Crippen LogP) is 0.0149. The fraction of sp³-hybridized carbons (Fsp3) is 0.167. The third kappa shape index (κ3) is 0.813. The van der Waals surface area contributed by atoms with E-state index >= 15 is 0 Å². The van der Waals surface area contributed by atoms with Crippen molar-refractivity contribution >= 4 is 11.7 Å². The first-order valence-corrected chi connectivity index (χ1v) is 3.20. The molecule has 0 radical (unpaired) electrons. The summed E-state index contributed by atoms with van der Waals surface area (Å²) < 4.78 is 1.65. The third-order valence-electron chi connectivity index (χ3n) is 1.42. The highest BCUT2D eigenvalue weighted by Gasteiger charge is 2.00. The van der Waals surface area contributed by atoms with Crippen LogP contribution in [0, 0.1) is 6.92 Å². The number of nitrogens with zero attached hydrogens (tertiary/aromatic N) is 4. The van der Waals surface area contributed by atoms with Crippen molar-refractivity contribution in [3.63, 3.8) is 0 Å². The molecule has 0 aromatic carbocycles. The minimum atomic E-state index is 0.371. The summed E-state index contributed by atoms with van der Waals surface area (Å²) in [6, 6.07) is 0. The van der Waals surface area contributed by atoms with Crippen LogP contribution in [0.25, 0.3) is 5.78 Å². The van der Waals surface area contributed by atoms with Crippen molar-refractivity contribution in [3.05, 3.63) is 18.0 Å². The standard InChI is InChI=1S/C6H7N5/c1-4-2-8-6-10-9-5(7)11(6)3-4/h2-3H,1H3,(H2,7,9). The maximum absolute atomic E-state index is 5.49. The zero-order chi connectivity index (χ0) is 7.84. The molecule has 0 aliphatic heterocycles. The van der Waals surface area contributed by atoms with Gasteiger partial charge in [-0.3, -0.25) is 4.40 Å². The van der Waals surface area contributed by atoms with Crippen molar-refractivity contribution in [1.29, 1.82) is 0 Å². The first-order valence-electron chi connectivity index (χ1n) is 3.20. The molecule has 0 saturated carbocycles. The molecule has 2 aromatic heterocycles. The van der Waals surface area contributed by atoms with Gasteiger partial charge in [0.15, 0.2) is 0 Å². The summed E-state index contributed by atoms with van der Waals surface area (Å²) in [6.45, 7) is 1.94. The molecule has 0 unspecified atom stereocenters. The molecule has 0 aliphatic rings. The van der Waals surface area contributed by atoms with Crippen molar-refractivity contribution in [2.45, 2.75) is 6.92 Å². The monoisotopic (exact) mass is 149 g/mol. The lowest BCUT2D eigenvalue weighted by atomic mass is 10.4. The Bertz CT molecular complexity index is 391. The summed E-state index contributed by atoms with van der Waals surface area (Å²) >= 11 is 0. The van der Waals surface area contributed by atoms with Gasteiger partial charge in [0.25, 0.3) is 5.78 Å². The summed E-state index contributed by atoms with van der Waals surface area (Å²) in [5.74, 6) is 0.907. The Hall–Kier alpha value is -1.65. The topological polar surface area (TPSA) is 69.1 Å². The fourth-order valence-electron chi connectivity index (χ4n) is 0.903. The van der Waals surface area contributed by atoms with Crippen LogP contribution in [-0.4, -0.2) is 19.6 Å². The second-order valence-corrected chi connectivity index (χ2v) is 2.36. The molecule has 0 amide bonds. The van der Waals surface area contributed by atoms with Crippen LogP contribution in [0.15, 0.2) is 12.4 Å². The van der Waals surface area contributed by atoms with Crippen molar-refractivity contribution < 1.29 is 0 Å². The van der Waals surface area contributed by atoms with Crippen LogP contribution >= 0.6 is 0 Å². The van der Waals surface area contributed by atoms with Crippen LogP contribution in [-0.2, 0) is 0 Å². The molecule has 2 N–H and O–H groups in total. The summed E-state index contributed by atoms with van der Waals surface area (Å²) in [5.41, 5.74) is 6.53. The number of anilines is 1. The highest BCUT2D eigenvalue weighted by Crippen LogP contribution is 2.02. The van der Waals surface area contributed by atoms with Gasteiger partial charge in [0, 0.05) is 12.4 Å². The van der Waals surface area contributed by atoms with Crippen LogP contribution in [0.3, 0.4) is 0 Å². The maximum Gasteiger partial charge on any atom is 0.256 e. The van der Waals surface area contributed by atoms with E-state index in [0.717, 1.165) is 5.56 Å². The molecule has 11 heavy (non-hydrogen) atoms. The zero-order valence-electron chi connectivity index (χ0n) is 6.02. The molecule has 0 bridgehead atoms. The van der Waals surface area contributed by atoms with Crippen LogP contribution < -0.4 is 5.73 Å². The molecule has 2 rings (SSSR count). The van der Waals surface area contributed by atoms with Crippen LogP contribution in [0.4, 0.5) is 5.95 Å². The van der Waals surface area contributed by atoms with E-state index < -0.39 is 0 Å². The van der Waals surface area contributed by atoms with E-state index in [1.54, 1.807) is 10.6 Å². The van der Waals surface area contributed by atoms with Crippen molar-refractivity contribution in [2.75, 3.05) is 5.73 Å². The average molecular weight is 149 g/mol. The van der Waals surface area contributed by atoms with Crippen LogP contribution in [0.1, 0.15) is 5.56 Å². The van der Waals surface area contributed by atoms with Gasteiger partial charge in [0.05, 0.1) is 0 Å². The number of nitrogens with two attached hydrogens (primary N) is 1. The molecule has 2 aromatic rings. The fourth-order valence-corrected chi connectivity index (χ4v) is 0.903. The van der Waals surface area contributed by atoms with Gasteiger partial charge in [0.1, 0.15) is 0 Å². The smallest absolute Gasteiger partial charge is 0.256 e. The van der Waals surface area contributed by atoms with Gasteiger partial charge in [-0.15, -0.1) is 10.2 Å². The summed E-state index contributed by atoms with van der Waals surface area (Å²) in [4.78, 5) is 4.01. The number of aryl methyl sites for hydroxylation is 1. The van der Waals surface area contributed by atoms with E-state index in [9.17, 15) is 0 Å². The number of hydrogen-bond acceptors (Lipinski definition) is 4. The van der Waals surface area contributed by atoms with Crippen LogP contribution in [0.5, 0.6) is 0 Å². The minimum absolute atomic E-state index is 0.371. The van der Waals surface area contributed by atoms with Gasteiger partial charge < -0.3 is 5.73 Å². The van der Waals surface area contributed by atoms with Gasteiger partial charge >= 0.3 is 0 Å². The molecule has 0 fully saturated rings. The lowest BCUT2D eigenvalue weighted by Gasteiger charge is -1.93. The first-order chi connectivity index (χ1) is 5.27. The average Bonchev–Trinajstić information content (AvgIpc) is 2.33. The second kappa shape index (κ2) is 1.91. The highest BCUT2D eigenvalue weighted by molar-refractivity contribution is 5.35. The van der Waals surface area contributed by atoms with Gasteiger partial charge in [0.2, 0.25) is 5.95 Å². The summed E-state index contributed by atoms with van der Waals surface area (Å²) in [6.07, 6.45) is 3.57. The second-order valence-electron chi connectivity index (χ2n) is 2.36. The molecular formula is C6H7N5. The number of rotatable bonds is 0. The van der Waals surface area contributed by atoms with E-state index in [-0.39, 0.29) is 0 Å². The number of aromatic nitrogens is 4. The molecule has 56 valence electrons. The summed E-state index contributed by atoms with van der Waals surface area (Å²) in [5, 5.41) is 7.40. The van der Waals surface area contributed by atoms with E-state index in [4.69, 9.17) is 5.73 Å². The quantitative estimate of drug-likeness (QED) is 0.573. The van der Waals surface area contributed by atoms with E-state index in [0.29, 0.717) is 11.7 Å². The Labute approximate surface area is 62.9 Å². The van der Waals surface area contributed by atoms with Gasteiger partial charge in [-0.25, -0.2) is 4.98 Å². The molecule has 5 heteroatoms. The molecular weight excluding hydrogens is 142 g/mol. The number of hydrogen-bond donors (Lipinski definition) is 1. The molecule has 5 nitrogen and oxygen atoms in total. The van der Waals surface area contributed by atoms with E-state index in [1.807, 2.05) is 13.1 Å². The number of nitrogen functional groups attached to an aromatic ring is 1. The first kappa shape index (κ1) is 6.09. The molecule has 0 saturated heterocycles. The normalized spacial score (nSPS) is 10.6. The Balaban J connectivity index is 2.87. The largest absolute Gasteiger partial charge is 0.368 e. The van der Waals surface area contributed by atoms with Gasteiger partial charge in [-0.1, -0.05) is 0 Å². The Morgan fingerprint density at radius 2 is 2.27 bits per heavy atom. The van der Waals surface area contributed by atoms with Crippen LogP contribution in [0.2, 0.25) is 0 Å². The third-order valence-corrected chi connectivity index (χ3v) is 1.42. The lowest BCUT2D eigenvalue weighted by Crippen LogP contribution is -1.95. The highest BCUT2D eigenvalue weighted by atomic mass is 15.3. The predicted molar refractivity (Wildman–Crippen MR) is 39.9 cm³/mol. The van der Waals surface area contributed by atoms with Gasteiger partial charge in [-0.05, 0) is 12.5 Å². The minimum Gasteiger partial charge on any atom is -0.368 e. The Morgan fingerprint density at radius 1 is 1.45 bits per heavy atom. The number of fused-ring (bicyclic) bond motifs is 1. The molecule has 0 atom stereocenters. The van der Waals surface area contributed by atoms with E-state index in [1.165, 1.54) is 0 Å². The van der Waals surface area contributed by atoms with Crippen molar-refractivity contribution in [2.24, 2.45) is 0 Å². The summed E-state index contributed by atoms with van der Waals surface area (Å²) in [7, 11) is 0. The molecule has 0 spiro atoms. The zero-order valence-corrected chi connectivity index (χ0v) is 6.02. The maximum atomic E-state index is 5.49. The Kier molecular flexibility index (Phi) is 1.06. The van der Waals surface area contributed by atoms with Crippen molar-refractivity contribution in [3.8, 4) is 0 Å². The van der Waals surface area contributed by atoms with Crippen molar-refractivity contribution in [1.82, 2.24) is 19.6 Å². The molecule has 0 aliphatic carbocycles. The molecule has 2 heterocycles. The lowest BCUT2D eigenvalue weighted by molar-refractivity contribution is 1.08. The van der Waals surface area contributed by atoms with Gasteiger partial charge in [-0.2, -0.15) is 0 Å².